The lowest BCUT2D eigenvalue weighted by Gasteiger charge is -2.43. The Morgan fingerprint density at radius 2 is 0.862 bits per heavy atom. The molecule has 0 amide bonds. The Hall–Kier alpha value is -7.02. The predicted octanol–water partition coefficient (Wildman–Crippen LogP) is 13.6. The largest absolute Gasteiger partial charge is 0.0760 e. The lowest BCUT2D eigenvalue weighted by atomic mass is 9.60. The van der Waals surface area contributed by atoms with Crippen molar-refractivity contribution in [2.75, 3.05) is 0 Å². The predicted molar refractivity (Wildman–Crippen MR) is 237 cm³/mol. The molecule has 8 aromatic carbocycles. The summed E-state index contributed by atoms with van der Waals surface area (Å²) in [7, 11) is 0. The molecule has 0 aromatic heterocycles. The Bertz CT molecular complexity index is 3320. The molecule has 15 rings (SSSR count). The van der Waals surface area contributed by atoms with Crippen LogP contribution in [0.3, 0.4) is 0 Å². The van der Waals surface area contributed by atoms with Crippen molar-refractivity contribution in [2.45, 2.75) is 10.8 Å². The maximum atomic E-state index is 2.70. The normalized spacial score (nSPS) is 20.1. The van der Waals surface area contributed by atoms with Crippen molar-refractivity contribution in [3.8, 4) is 33.4 Å². The van der Waals surface area contributed by atoms with E-state index in [9.17, 15) is 0 Å². The molecular weight excluding hydrogens is 697 g/mol. The van der Waals surface area contributed by atoms with E-state index in [4.69, 9.17) is 0 Å². The lowest BCUT2D eigenvalue weighted by Crippen LogP contribution is -2.31. The van der Waals surface area contributed by atoms with Crippen LogP contribution in [0.4, 0.5) is 0 Å². The second-order valence-corrected chi connectivity index (χ2v) is 17.3. The summed E-state index contributed by atoms with van der Waals surface area (Å²) in [6, 6.07) is 65.4. The lowest BCUT2D eigenvalue weighted by molar-refractivity contribution is 0.695. The molecule has 0 heterocycles. The van der Waals surface area contributed by atoms with Crippen LogP contribution in [0.25, 0.3) is 60.9 Å². The van der Waals surface area contributed by atoms with Crippen LogP contribution in [0.1, 0.15) is 55.6 Å². The second kappa shape index (κ2) is 10.1. The first kappa shape index (κ1) is 30.2. The molecular formula is C58H34. The van der Waals surface area contributed by atoms with E-state index in [1.54, 1.807) is 0 Å². The third-order valence-electron chi connectivity index (χ3n) is 15.3. The Morgan fingerprint density at radius 3 is 1.47 bits per heavy atom. The van der Waals surface area contributed by atoms with Crippen molar-refractivity contribution in [1.82, 2.24) is 0 Å². The van der Waals surface area contributed by atoms with E-state index < -0.39 is 5.41 Å². The van der Waals surface area contributed by atoms with E-state index in [0.717, 1.165) is 0 Å². The Morgan fingerprint density at radius 1 is 0.379 bits per heavy atom. The van der Waals surface area contributed by atoms with Crippen LogP contribution in [0.5, 0.6) is 0 Å². The van der Waals surface area contributed by atoms with Gasteiger partial charge in [-0.1, -0.05) is 188 Å². The van der Waals surface area contributed by atoms with Crippen molar-refractivity contribution in [2.24, 2.45) is 11.8 Å². The van der Waals surface area contributed by atoms with Gasteiger partial charge in [-0.05, 0) is 128 Å². The van der Waals surface area contributed by atoms with Crippen LogP contribution in [0.2, 0.25) is 0 Å². The van der Waals surface area contributed by atoms with Gasteiger partial charge in [0.15, 0.2) is 0 Å². The molecule has 0 fully saturated rings. The van der Waals surface area contributed by atoms with Crippen LogP contribution in [-0.2, 0) is 10.8 Å². The van der Waals surface area contributed by atoms with Gasteiger partial charge in [0.1, 0.15) is 0 Å². The number of hydrogen-bond donors (Lipinski definition) is 0. The van der Waals surface area contributed by atoms with Gasteiger partial charge in [-0.25, -0.2) is 0 Å². The van der Waals surface area contributed by atoms with E-state index in [1.807, 2.05) is 0 Å². The molecule has 7 aliphatic rings. The smallest absolute Gasteiger partial charge is 0.0725 e. The summed E-state index contributed by atoms with van der Waals surface area (Å²) in [4.78, 5) is 0. The molecule has 8 aromatic rings. The highest BCUT2D eigenvalue weighted by Gasteiger charge is 2.57. The second-order valence-electron chi connectivity index (χ2n) is 17.3. The molecule has 0 bridgehead atoms. The standard InChI is InChI=1S/C58H34/c1-7-25-45-33(15-1)34-16-2-8-26-46(34)57(45)49-29-11-5-19-39(49)55-41-23-13-21-37-38-22-14-24-42-54(38)44(43(53(37)41)31-51(55)57)32-52-56(42)40-20-6-12-30-50(40)58(52)47-27-9-3-17-35(47)36-18-4-10-28-48(36)58/h1-32,41,53H. The van der Waals surface area contributed by atoms with Crippen LogP contribution in [-0.4, -0.2) is 0 Å². The van der Waals surface area contributed by atoms with Gasteiger partial charge in [-0.2, -0.15) is 0 Å². The molecule has 58 heavy (non-hydrogen) atoms. The molecule has 0 heteroatoms. The summed E-state index contributed by atoms with van der Waals surface area (Å²) in [6.45, 7) is 0. The topological polar surface area (TPSA) is 0 Å². The van der Waals surface area contributed by atoms with E-state index in [1.165, 1.54) is 122 Å². The average molecular weight is 731 g/mol. The quantitative estimate of drug-likeness (QED) is 0.146. The molecule has 0 radical (unpaired) electrons. The van der Waals surface area contributed by atoms with Gasteiger partial charge >= 0.3 is 0 Å². The van der Waals surface area contributed by atoms with Gasteiger partial charge in [0, 0.05) is 11.8 Å². The van der Waals surface area contributed by atoms with Crippen molar-refractivity contribution in [3.05, 3.63) is 255 Å². The molecule has 0 N–H and O–H groups in total. The molecule has 2 unspecified atom stereocenters. The van der Waals surface area contributed by atoms with Gasteiger partial charge < -0.3 is 0 Å². The monoisotopic (exact) mass is 730 g/mol. The van der Waals surface area contributed by atoms with Gasteiger partial charge in [0.25, 0.3) is 0 Å². The zero-order chi connectivity index (χ0) is 37.5. The third-order valence-corrected chi connectivity index (χ3v) is 15.3. The Balaban J connectivity index is 1.10. The molecule has 0 nitrogen and oxygen atoms in total. The highest BCUT2D eigenvalue weighted by atomic mass is 14.6. The fraction of sp³-hybridized carbons (Fsp3) is 0.0690. The van der Waals surface area contributed by atoms with Crippen LogP contribution in [0.15, 0.2) is 200 Å². The zero-order valence-corrected chi connectivity index (χ0v) is 31.6. The molecule has 2 spiro atoms. The average Bonchev–Trinajstić information content (AvgIpc) is 3.97. The highest BCUT2D eigenvalue weighted by Crippen LogP contribution is 2.70. The van der Waals surface area contributed by atoms with Gasteiger partial charge in [-0.15, -0.1) is 0 Å². The highest BCUT2D eigenvalue weighted by molar-refractivity contribution is 6.18. The number of fused-ring (bicyclic) bond motifs is 23. The minimum Gasteiger partial charge on any atom is -0.0760 e. The van der Waals surface area contributed by atoms with Crippen molar-refractivity contribution in [1.29, 1.82) is 0 Å². The number of allylic oxidation sites excluding steroid dienone is 8. The zero-order valence-electron chi connectivity index (χ0n) is 31.6. The van der Waals surface area contributed by atoms with Crippen molar-refractivity contribution >= 4 is 27.5 Å². The summed E-state index contributed by atoms with van der Waals surface area (Å²) in [5, 5.41) is 2.76. The fourth-order valence-corrected chi connectivity index (χ4v) is 13.5. The maximum Gasteiger partial charge on any atom is 0.0725 e. The number of hydrogen-bond acceptors (Lipinski definition) is 0. The molecule has 0 saturated heterocycles. The summed E-state index contributed by atoms with van der Waals surface area (Å²) >= 11 is 0. The van der Waals surface area contributed by atoms with E-state index >= 15 is 0 Å². The molecule has 0 aliphatic heterocycles. The summed E-state index contributed by atoms with van der Waals surface area (Å²) in [5.74, 6) is 0.434. The maximum absolute atomic E-state index is 2.70. The minimum absolute atomic E-state index is 0.214. The van der Waals surface area contributed by atoms with Crippen LogP contribution in [0, 0.1) is 11.8 Å². The summed E-state index contributed by atoms with van der Waals surface area (Å²) in [5.41, 5.74) is 27.3. The Kier molecular flexibility index (Phi) is 5.25. The SMILES string of the molecule is C1=CC2C3=C(C=C4c5cc6c(c7cccc(c57)C(=C1)C42)-c1ccccc1C61c2ccccc2-c2ccccc21)C1(c2ccccc23)c2ccccc2-c2ccccc21. The van der Waals surface area contributed by atoms with Crippen molar-refractivity contribution in [3.63, 3.8) is 0 Å². The number of benzene rings is 8. The molecule has 0 saturated carbocycles. The van der Waals surface area contributed by atoms with E-state index in [0.29, 0.717) is 0 Å². The first-order chi connectivity index (χ1) is 28.8. The van der Waals surface area contributed by atoms with E-state index in [2.05, 4.69) is 194 Å². The van der Waals surface area contributed by atoms with Gasteiger partial charge in [0.2, 0.25) is 0 Å². The third kappa shape index (κ3) is 3.09. The van der Waals surface area contributed by atoms with Crippen LogP contribution >= 0.6 is 0 Å². The minimum atomic E-state index is -0.407. The van der Waals surface area contributed by atoms with Crippen molar-refractivity contribution < 1.29 is 0 Å². The van der Waals surface area contributed by atoms with Gasteiger partial charge in [0.05, 0.1) is 10.8 Å². The van der Waals surface area contributed by atoms with E-state index in [-0.39, 0.29) is 17.3 Å². The summed E-state index contributed by atoms with van der Waals surface area (Å²) < 4.78 is 0. The molecule has 7 aliphatic carbocycles. The molecule has 2 atom stereocenters. The van der Waals surface area contributed by atoms with Crippen LogP contribution < -0.4 is 0 Å². The van der Waals surface area contributed by atoms with Gasteiger partial charge in [-0.3, -0.25) is 0 Å². The number of rotatable bonds is 0. The summed E-state index contributed by atoms with van der Waals surface area (Å²) in [6.07, 6.45) is 10.0. The molecule has 266 valence electrons. The Labute approximate surface area is 337 Å². The first-order valence-electron chi connectivity index (χ1n) is 20.9. The fourth-order valence-electron chi connectivity index (χ4n) is 13.5. The first-order valence-corrected chi connectivity index (χ1v) is 20.9.